The Morgan fingerprint density at radius 1 is 1.46 bits per heavy atom. The minimum atomic E-state index is 0.122. The lowest BCUT2D eigenvalue weighted by molar-refractivity contribution is -0.104. The topological polar surface area (TPSA) is 62.5 Å². The highest BCUT2D eigenvalue weighted by atomic mass is 16.2. The maximum atomic E-state index is 10.2. The third-order valence-corrected chi connectivity index (χ3v) is 1.31. The Bertz CT molecular complexity index is 331. The molecule has 4 heteroatoms. The van der Waals surface area contributed by atoms with Crippen LogP contribution < -0.4 is 0 Å². The normalized spacial score (nSPS) is 11.8. The summed E-state index contributed by atoms with van der Waals surface area (Å²) in [6.45, 7) is 0. The van der Waals surface area contributed by atoms with Gasteiger partial charge in [0, 0.05) is 18.6 Å². The number of carbonyl (C=O) groups excluding carboxylic acids is 1. The van der Waals surface area contributed by atoms with Gasteiger partial charge in [0.1, 0.15) is 0 Å². The number of nitrogens with zero attached hydrogens (tertiary/aromatic N) is 2. The van der Waals surface area contributed by atoms with Crippen molar-refractivity contribution in [3.05, 3.63) is 36.4 Å². The summed E-state index contributed by atoms with van der Waals surface area (Å²) in [6.07, 6.45) is 5.69. The first kappa shape index (κ1) is 9.12. The Morgan fingerprint density at radius 3 is 2.69 bits per heavy atom. The zero-order valence-corrected chi connectivity index (χ0v) is 6.79. The molecule has 0 aromatic carbocycles. The molecule has 0 spiro atoms. The third-order valence-electron chi connectivity index (χ3n) is 1.31. The van der Waals surface area contributed by atoms with Gasteiger partial charge < -0.3 is 5.11 Å². The predicted octanol–water partition coefficient (Wildman–Crippen LogP) is 1.42. The third kappa shape index (κ3) is 2.86. The van der Waals surface area contributed by atoms with Crippen LogP contribution in [0.1, 0.15) is 0 Å². The maximum absolute atomic E-state index is 10.2. The molecule has 0 saturated heterocycles. The minimum absolute atomic E-state index is 0.122. The summed E-state index contributed by atoms with van der Waals surface area (Å²) in [5.41, 5.74) is 0.799. The average Bonchev–Trinajstić information content (AvgIpc) is 2.21. The minimum Gasteiger partial charge on any atom is -0.515 e. The number of carbonyl (C=O) groups is 1. The van der Waals surface area contributed by atoms with Gasteiger partial charge in [0.05, 0.1) is 17.5 Å². The first-order chi connectivity index (χ1) is 6.36. The van der Waals surface area contributed by atoms with Gasteiger partial charge >= 0.3 is 0 Å². The average molecular weight is 176 g/mol. The standard InChI is InChI=1S/C9H8N2O2/c12-6-8(7-13)5-11-9-1-3-10-4-2-9/h1-7,12H/b8-6+,11-5?. The van der Waals surface area contributed by atoms with Gasteiger partial charge in [0.2, 0.25) is 0 Å². The summed E-state index contributed by atoms with van der Waals surface area (Å²) in [7, 11) is 0. The molecule has 0 aliphatic heterocycles. The van der Waals surface area contributed by atoms with Crippen molar-refractivity contribution in [2.45, 2.75) is 0 Å². The van der Waals surface area contributed by atoms with Crippen molar-refractivity contribution in [2.75, 3.05) is 0 Å². The van der Waals surface area contributed by atoms with Crippen LogP contribution in [0.15, 0.2) is 41.4 Å². The molecule has 1 aromatic rings. The number of pyridine rings is 1. The molecular formula is C9H8N2O2. The molecule has 0 fully saturated rings. The number of aliphatic hydroxyl groups excluding tert-OH is 1. The number of aromatic nitrogens is 1. The van der Waals surface area contributed by atoms with Crippen LogP contribution >= 0.6 is 0 Å². The maximum Gasteiger partial charge on any atom is 0.154 e. The van der Waals surface area contributed by atoms with E-state index in [2.05, 4.69) is 9.98 Å². The fraction of sp³-hybridized carbons (Fsp3) is 0. The number of rotatable bonds is 3. The number of hydrogen-bond acceptors (Lipinski definition) is 4. The van der Waals surface area contributed by atoms with E-state index in [1.54, 1.807) is 24.5 Å². The molecule has 0 atom stereocenters. The fourth-order valence-electron chi connectivity index (χ4n) is 0.673. The first-order valence-corrected chi connectivity index (χ1v) is 3.60. The zero-order chi connectivity index (χ0) is 9.52. The van der Waals surface area contributed by atoms with E-state index in [4.69, 9.17) is 5.11 Å². The van der Waals surface area contributed by atoms with Crippen LogP contribution in [0, 0.1) is 0 Å². The van der Waals surface area contributed by atoms with Gasteiger partial charge in [-0.05, 0) is 12.1 Å². The Kier molecular flexibility index (Phi) is 3.38. The van der Waals surface area contributed by atoms with E-state index >= 15 is 0 Å². The van der Waals surface area contributed by atoms with Crippen molar-refractivity contribution in [1.29, 1.82) is 0 Å². The molecule has 0 aliphatic carbocycles. The van der Waals surface area contributed by atoms with E-state index in [1.807, 2.05) is 0 Å². The SMILES string of the molecule is O=C/C(C=Nc1ccncc1)=C/O. The van der Waals surface area contributed by atoms with Crippen LogP contribution in [0.5, 0.6) is 0 Å². The summed E-state index contributed by atoms with van der Waals surface area (Å²) in [6, 6.07) is 3.38. The van der Waals surface area contributed by atoms with E-state index in [-0.39, 0.29) is 5.57 Å². The molecule has 0 saturated carbocycles. The van der Waals surface area contributed by atoms with Gasteiger partial charge in [0.25, 0.3) is 0 Å². The van der Waals surface area contributed by atoms with E-state index < -0.39 is 0 Å². The van der Waals surface area contributed by atoms with Gasteiger partial charge in [-0.1, -0.05) is 0 Å². The number of aliphatic hydroxyl groups is 1. The van der Waals surface area contributed by atoms with Crippen molar-refractivity contribution in [1.82, 2.24) is 4.98 Å². The van der Waals surface area contributed by atoms with Crippen LogP contribution in [0.25, 0.3) is 0 Å². The van der Waals surface area contributed by atoms with Gasteiger partial charge in [-0.2, -0.15) is 0 Å². The van der Waals surface area contributed by atoms with Crippen LogP contribution in [0.4, 0.5) is 5.69 Å². The summed E-state index contributed by atoms with van der Waals surface area (Å²) in [4.78, 5) is 18.0. The second-order valence-corrected chi connectivity index (χ2v) is 2.21. The highest BCUT2D eigenvalue weighted by Gasteiger charge is 1.88. The molecule has 0 radical (unpaired) electrons. The monoisotopic (exact) mass is 176 g/mol. The highest BCUT2D eigenvalue weighted by molar-refractivity contribution is 6.02. The summed E-state index contributed by atoms with van der Waals surface area (Å²) < 4.78 is 0. The summed E-state index contributed by atoms with van der Waals surface area (Å²) in [5.74, 6) is 0. The van der Waals surface area contributed by atoms with E-state index in [0.717, 1.165) is 0 Å². The Hall–Kier alpha value is -1.97. The summed E-state index contributed by atoms with van der Waals surface area (Å²) in [5, 5.41) is 8.51. The van der Waals surface area contributed by atoms with Crippen molar-refractivity contribution < 1.29 is 9.90 Å². The quantitative estimate of drug-likeness (QED) is 0.328. The van der Waals surface area contributed by atoms with Crippen molar-refractivity contribution in [3.63, 3.8) is 0 Å². The fourth-order valence-corrected chi connectivity index (χ4v) is 0.673. The molecule has 0 aliphatic rings. The van der Waals surface area contributed by atoms with Crippen LogP contribution in [-0.2, 0) is 4.79 Å². The van der Waals surface area contributed by atoms with Crippen molar-refractivity contribution in [2.24, 2.45) is 4.99 Å². The molecule has 13 heavy (non-hydrogen) atoms. The molecular weight excluding hydrogens is 168 g/mol. The highest BCUT2D eigenvalue weighted by Crippen LogP contribution is 2.07. The van der Waals surface area contributed by atoms with Crippen LogP contribution in [0.3, 0.4) is 0 Å². The molecule has 1 heterocycles. The second-order valence-electron chi connectivity index (χ2n) is 2.21. The van der Waals surface area contributed by atoms with Crippen molar-refractivity contribution in [3.8, 4) is 0 Å². The molecule has 0 amide bonds. The van der Waals surface area contributed by atoms with Crippen molar-refractivity contribution >= 4 is 18.2 Å². The molecule has 4 nitrogen and oxygen atoms in total. The largest absolute Gasteiger partial charge is 0.515 e. The van der Waals surface area contributed by atoms with Gasteiger partial charge in [-0.25, -0.2) is 0 Å². The van der Waals surface area contributed by atoms with E-state index in [1.165, 1.54) is 6.21 Å². The lowest BCUT2D eigenvalue weighted by Gasteiger charge is -1.89. The van der Waals surface area contributed by atoms with Gasteiger partial charge in [0.15, 0.2) is 6.29 Å². The lowest BCUT2D eigenvalue weighted by Crippen LogP contribution is -1.84. The van der Waals surface area contributed by atoms with Crippen LogP contribution in [0.2, 0.25) is 0 Å². The van der Waals surface area contributed by atoms with Gasteiger partial charge in [-0.3, -0.25) is 14.8 Å². The van der Waals surface area contributed by atoms with Gasteiger partial charge in [-0.15, -0.1) is 0 Å². The zero-order valence-electron chi connectivity index (χ0n) is 6.79. The predicted molar refractivity (Wildman–Crippen MR) is 49.2 cm³/mol. The van der Waals surface area contributed by atoms with E-state index in [0.29, 0.717) is 18.2 Å². The second kappa shape index (κ2) is 4.82. The molecule has 0 bridgehead atoms. The number of aldehydes is 1. The number of aliphatic imine (C=N–C) groups is 1. The molecule has 1 N–H and O–H groups in total. The molecule has 1 aromatic heterocycles. The Labute approximate surface area is 75.3 Å². The molecule has 0 unspecified atom stereocenters. The number of allylic oxidation sites excluding steroid dienone is 1. The first-order valence-electron chi connectivity index (χ1n) is 3.60. The molecule has 66 valence electrons. The lowest BCUT2D eigenvalue weighted by atomic mass is 10.3. The van der Waals surface area contributed by atoms with E-state index in [9.17, 15) is 4.79 Å². The number of hydrogen-bond donors (Lipinski definition) is 1. The Morgan fingerprint density at radius 2 is 2.15 bits per heavy atom. The smallest absolute Gasteiger partial charge is 0.154 e. The Balaban J connectivity index is 2.74. The van der Waals surface area contributed by atoms with Crippen LogP contribution in [-0.4, -0.2) is 22.6 Å². The summed E-state index contributed by atoms with van der Waals surface area (Å²) >= 11 is 0. The molecule has 1 rings (SSSR count).